The van der Waals surface area contributed by atoms with Gasteiger partial charge in [0.1, 0.15) is 0 Å². The zero-order valence-corrected chi connectivity index (χ0v) is 11.2. The van der Waals surface area contributed by atoms with E-state index in [0.717, 1.165) is 12.1 Å². The molecule has 17 heavy (non-hydrogen) atoms. The fourth-order valence-corrected chi connectivity index (χ4v) is 1.58. The quantitative estimate of drug-likeness (QED) is 0.849. The van der Waals surface area contributed by atoms with Crippen LogP contribution in [0.15, 0.2) is 24.3 Å². The lowest BCUT2D eigenvalue weighted by Gasteiger charge is -2.22. The summed E-state index contributed by atoms with van der Waals surface area (Å²) in [7, 11) is 1.83. The van der Waals surface area contributed by atoms with Gasteiger partial charge in [-0.15, -0.1) is 0 Å². The van der Waals surface area contributed by atoms with Gasteiger partial charge in [-0.1, -0.05) is 25.1 Å². The van der Waals surface area contributed by atoms with Gasteiger partial charge in [-0.2, -0.15) is 0 Å². The largest absolute Gasteiger partial charge is 0.376 e. The number of nitrogens with one attached hydrogen (secondary N) is 1. The molecule has 0 heterocycles. The van der Waals surface area contributed by atoms with E-state index in [1.54, 1.807) is 4.90 Å². The van der Waals surface area contributed by atoms with Crippen LogP contribution in [0.25, 0.3) is 0 Å². The Kier molecular flexibility index (Phi) is 5.01. The Hall–Kier alpha value is -1.51. The first kappa shape index (κ1) is 13.6. The molecule has 0 spiro atoms. The summed E-state index contributed by atoms with van der Waals surface area (Å²) >= 11 is 0. The Bertz CT molecular complexity index is 374. The molecule has 0 radical (unpaired) electrons. The number of para-hydroxylation sites is 1. The van der Waals surface area contributed by atoms with Gasteiger partial charge in [0, 0.05) is 18.8 Å². The lowest BCUT2D eigenvalue weighted by molar-refractivity contribution is -0.129. The van der Waals surface area contributed by atoms with Crippen LogP contribution >= 0.6 is 0 Å². The highest BCUT2D eigenvalue weighted by atomic mass is 16.2. The normalized spacial score (nSPS) is 10.4. The molecule has 3 heteroatoms. The van der Waals surface area contributed by atoms with Crippen molar-refractivity contribution in [1.82, 2.24) is 4.90 Å². The number of carbonyl (C=O) groups excluding carboxylic acids is 1. The van der Waals surface area contributed by atoms with Gasteiger partial charge in [0.05, 0.1) is 6.54 Å². The summed E-state index contributed by atoms with van der Waals surface area (Å²) in [6, 6.07) is 8.34. The van der Waals surface area contributed by atoms with Gasteiger partial charge in [-0.3, -0.25) is 4.79 Å². The van der Waals surface area contributed by atoms with Gasteiger partial charge in [-0.25, -0.2) is 0 Å². The van der Waals surface area contributed by atoms with Gasteiger partial charge in [-0.05, 0) is 31.9 Å². The van der Waals surface area contributed by atoms with Gasteiger partial charge in [0.15, 0.2) is 0 Å². The van der Waals surface area contributed by atoms with Crippen molar-refractivity contribution in [1.29, 1.82) is 0 Å². The Morgan fingerprint density at radius 2 is 2.00 bits per heavy atom. The molecular weight excluding hydrogens is 212 g/mol. The van der Waals surface area contributed by atoms with Gasteiger partial charge in [0.2, 0.25) is 5.91 Å². The van der Waals surface area contributed by atoms with Crippen LogP contribution in [0.2, 0.25) is 0 Å². The minimum Gasteiger partial charge on any atom is -0.376 e. The molecule has 0 unspecified atom stereocenters. The van der Waals surface area contributed by atoms with Gasteiger partial charge < -0.3 is 10.2 Å². The maximum Gasteiger partial charge on any atom is 0.241 e. The number of hydrogen-bond acceptors (Lipinski definition) is 2. The van der Waals surface area contributed by atoms with E-state index < -0.39 is 0 Å². The van der Waals surface area contributed by atoms with Crippen LogP contribution < -0.4 is 5.32 Å². The van der Waals surface area contributed by atoms with Crippen LogP contribution in [0.1, 0.15) is 26.3 Å². The van der Waals surface area contributed by atoms with Crippen LogP contribution in [0.3, 0.4) is 0 Å². The highest BCUT2D eigenvalue weighted by molar-refractivity contribution is 5.81. The molecule has 0 aliphatic rings. The van der Waals surface area contributed by atoms with Gasteiger partial charge >= 0.3 is 0 Å². The second-order valence-corrected chi connectivity index (χ2v) is 4.46. The molecule has 0 aliphatic heterocycles. The average Bonchev–Trinajstić information content (AvgIpc) is 2.35. The average molecular weight is 234 g/mol. The fraction of sp³-hybridized carbons (Fsp3) is 0.500. The minimum absolute atomic E-state index is 0.117. The van der Waals surface area contributed by atoms with Crippen LogP contribution in [0.4, 0.5) is 5.69 Å². The third-order valence-corrected chi connectivity index (χ3v) is 3.00. The summed E-state index contributed by atoms with van der Waals surface area (Å²) in [6.45, 7) is 6.49. The molecule has 1 amide bonds. The predicted molar refractivity (Wildman–Crippen MR) is 72.2 cm³/mol. The molecule has 0 saturated carbocycles. The fourth-order valence-electron chi connectivity index (χ4n) is 1.58. The lowest BCUT2D eigenvalue weighted by atomic mass is 10.1. The zero-order valence-electron chi connectivity index (χ0n) is 11.2. The first-order valence-corrected chi connectivity index (χ1v) is 6.13. The van der Waals surface area contributed by atoms with Crippen LogP contribution in [0, 0.1) is 0 Å². The number of nitrogens with zero attached hydrogens (tertiary/aromatic N) is 1. The number of anilines is 1. The summed E-state index contributed by atoms with van der Waals surface area (Å²) in [5, 5.41) is 3.21. The second-order valence-electron chi connectivity index (χ2n) is 4.46. The summed E-state index contributed by atoms with van der Waals surface area (Å²) in [5.41, 5.74) is 2.30. The van der Waals surface area contributed by atoms with E-state index in [4.69, 9.17) is 0 Å². The molecule has 0 fully saturated rings. The molecule has 1 aromatic rings. The monoisotopic (exact) mass is 234 g/mol. The summed E-state index contributed by atoms with van der Waals surface area (Å²) in [6.07, 6.45) is 0.970. The number of likely N-dealkylation sites (N-methyl/N-ethyl adjacent to an activating group) is 1. The van der Waals surface area contributed by atoms with E-state index in [0.29, 0.717) is 6.54 Å². The number of benzene rings is 1. The Morgan fingerprint density at radius 3 is 2.59 bits per heavy atom. The van der Waals surface area contributed by atoms with Crippen molar-refractivity contribution in [2.45, 2.75) is 33.2 Å². The number of aryl methyl sites for hydroxylation is 1. The zero-order chi connectivity index (χ0) is 12.8. The maximum atomic E-state index is 11.8. The molecule has 1 N–H and O–H groups in total. The van der Waals surface area contributed by atoms with E-state index in [9.17, 15) is 4.79 Å². The molecule has 94 valence electrons. The van der Waals surface area contributed by atoms with Crippen molar-refractivity contribution < 1.29 is 4.79 Å². The van der Waals surface area contributed by atoms with E-state index in [2.05, 4.69) is 18.3 Å². The van der Waals surface area contributed by atoms with Crippen molar-refractivity contribution in [3.63, 3.8) is 0 Å². The van der Waals surface area contributed by atoms with Crippen LogP contribution in [-0.4, -0.2) is 30.4 Å². The molecule has 0 aromatic heterocycles. The number of carbonyl (C=O) groups is 1. The van der Waals surface area contributed by atoms with Crippen LogP contribution in [-0.2, 0) is 11.2 Å². The molecular formula is C14H22N2O. The first-order chi connectivity index (χ1) is 8.06. The third-order valence-electron chi connectivity index (χ3n) is 3.00. The molecule has 0 atom stereocenters. The third kappa shape index (κ3) is 3.77. The Balaban J connectivity index is 2.58. The maximum absolute atomic E-state index is 11.8. The van der Waals surface area contributed by atoms with Crippen molar-refractivity contribution in [2.24, 2.45) is 0 Å². The smallest absolute Gasteiger partial charge is 0.241 e. The summed E-state index contributed by atoms with van der Waals surface area (Å²) < 4.78 is 0. The Morgan fingerprint density at radius 1 is 1.35 bits per heavy atom. The summed E-state index contributed by atoms with van der Waals surface area (Å²) in [5.74, 6) is 0.117. The number of hydrogen-bond donors (Lipinski definition) is 1. The molecule has 0 saturated heterocycles. The molecule has 0 aliphatic carbocycles. The SMILES string of the molecule is CCc1ccccc1NCC(=O)N(C)C(C)C. The van der Waals surface area contributed by atoms with Crippen LogP contribution in [0.5, 0.6) is 0 Å². The Labute approximate surface area is 104 Å². The highest BCUT2D eigenvalue weighted by Crippen LogP contribution is 2.15. The first-order valence-electron chi connectivity index (χ1n) is 6.13. The van der Waals surface area contributed by atoms with E-state index in [-0.39, 0.29) is 11.9 Å². The lowest BCUT2D eigenvalue weighted by Crippen LogP contribution is -2.37. The highest BCUT2D eigenvalue weighted by Gasteiger charge is 2.11. The molecule has 1 aromatic carbocycles. The van der Waals surface area contributed by atoms with Crippen molar-refractivity contribution in [2.75, 3.05) is 18.9 Å². The molecule has 0 bridgehead atoms. The predicted octanol–water partition coefficient (Wildman–Crippen LogP) is 2.53. The second kappa shape index (κ2) is 6.28. The topological polar surface area (TPSA) is 32.3 Å². The van der Waals surface area contributed by atoms with Crippen molar-refractivity contribution in [3.05, 3.63) is 29.8 Å². The van der Waals surface area contributed by atoms with Crippen molar-refractivity contribution in [3.8, 4) is 0 Å². The van der Waals surface area contributed by atoms with E-state index in [1.165, 1.54) is 5.56 Å². The number of rotatable bonds is 5. The summed E-state index contributed by atoms with van der Waals surface area (Å²) in [4.78, 5) is 13.6. The van der Waals surface area contributed by atoms with E-state index >= 15 is 0 Å². The van der Waals surface area contributed by atoms with Crippen molar-refractivity contribution >= 4 is 11.6 Å². The molecule has 1 rings (SSSR count). The standard InChI is InChI=1S/C14H22N2O/c1-5-12-8-6-7-9-13(12)15-10-14(17)16(4)11(2)3/h6-9,11,15H,5,10H2,1-4H3. The van der Waals surface area contributed by atoms with E-state index in [1.807, 2.05) is 39.1 Å². The molecule has 3 nitrogen and oxygen atoms in total. The number of amides is 1. The van der Waals surface area contributed by atoms with Gasteiger partial charge in [0.25, 0.3) is 0 Å². The minimum atomic E-state index is 0.117.